The molecule has 1 amide bonds. The van der Waals surface area contributed by atoms with Gasteiger partial charge in [-0.15, -0.1) is 0 Å². The molecule has 0 saturated carbocycles. The molecule has 8 nitrogen and oxygen atoms in total. The third-order valence-electron chi connectivity index (χ3n) is 4.00. The molecule has 2 aromatic rings. The molecule has 0 radical (unpaired) electrons. The van der Waals surface area contributed by atoms with Crippen molar-refractivity contribution < 1.29 is 42.2 Å². The minimum atomic E-state index is -0.902. The summed E-state index contributed by atoms with van der Waals surface area (Å²) < 4.78 is 41.9. The van der Waals surface area contributed by atoms with Crippen LogP contribution in [0, 0.1) is 11.6 Å². The Hall–Kier alpha value is -3.47. The Morgan fingerprint density at radius 1 is 1.16 bits per heavy atom. The third-order valence-corrected chi connectivity index (χ3v) is 4.76. The Bertz CT molecular complexity index is 1020. The van der Waals surface area contributed by atoms with Crippen molar-refractivity contribution >= 4 is 35.4 Å². The van der Waals surface area contributed by atoms with Gasteiger partial charge in [-0.25, -0.2) is 18.4 Å². The lowest BCUT2D eigenvalue weighted by atomic mass is 10.0. The zero-order valence-electron chi connectivity index (χ0n) is 17.1. The summed E-state index contributed by atoms with van der Waals surface area (Å²) in [6, 6.07) is 6.96. The summed E-state index contributed by atoms with van der Waals surface area (Å²) in [7, 11) is 1.13. The van der Waals surface area contributed by atoms with E-state index in [9.17, 15) is 28.0 Å². The van der Waals surface area contributed by atoms with E-state index in [2.05, 4.69) is 5.32 Å². The minimum Gasteiger partial charge on any atom is -0.465 e. The molecule has 1 atom stereocenters. The van der Waals surface area contributed by atoms with E-state index in [0.717, 1.165) is 24.9 Å². The first-order valence-corrected chi connectivity index (χ1v) is 10.1. The zero-order valence-corrected chi connectivity index (χ0v) is 17.9. The lowest BCUT2D eigenvalue weighted by Gasteiger charge is -2.15. The number of hydrogen-bond acceptors (Lipinski definition) is 8. The number of ether oxygens (including phenoxy) is 3. The molecule has 170 valence electrons. The predicted octanol–water partition coefficient (Wildman–Crippen LogP) is 3.68. The van der Waals surface area contributed by atoms with Gasteiger partial charge in [0.25, 0.3) is 6.47 Å². The molecule has 0 bridgehead atoms. The summed E-state index contributed by atoms with van der Waals surface area (Å²) in [5, 5.41) is 1.62. The van der Waals surface area contributed by atoms with Crippen LogP contribution in [-0.4, -0.2) is 42.7 Å². The minimum absolute atomic E-state index is 0.0444. The van der Waals surface area contributed by atoms with Crippen molar-refractivity contribution in [2.75, 3.05) is 12.9 Å². The van der Waals surface area contributed by atoms with Crippen molar-refractivity contribution in [2.45, 2.75) is 19.6 Å². The molecule has 0 aliphatic carbocycles. The maximum atomic E-state index is 14.1. The second-order valence-electron chi connectivity index (χ2n) is 6.24. The lowest BCUT2D eigenvalue weighted by molar-refractivity contribution is -0.137. The highest BCUT2D eigenvalue weighted by Gasteiger charge is 2.19. The van der Waals surface area contributed by atoms with E-state index < -0.39 is 35.0 Å². The van der Waals surface area contributed by atoms with Crippen LogP contribution in [0.2, 0.25) is 0 Å². The summed E-state index contributed by atoms with van der Waals surface area (Å²) in [6.07, 6.45) is -0.772. The van der Waals surface area contributed by atoms with E-state index in [0.29, 0.717) is 6.07 Å². The summed E-state index contributed by atoms with van der Waals surface area (Å²) in [5.74, 6) is -2.81. The van der Waals surface area contributed by atoms with Crippen molar-refractivity contribution in [1.82, 2.24) is 5.32 Å². The SMILES string of the molecule is COC(=O)c1cc(-c2ccc(F)cc2F)ccc1OC(=O)SCCC(NC(C)=O)OC=O. The first-order valence-electron chi connectivity index (χ1n) is 9.13. The fourth-order valence-corrected chi connectivity index (χ4v) is 3.26. The first kappa shape index (κ1) is 24.8. The Morgan fingerprint density at radius 3 is 2.53 bits per heavy atom. The Kier molecular flexibility index (Phi) is 9.14. The molecule has 11 heteroatoms. The molecular formula is C21H19F2NO7S. The molecular weight excluding hydrogens is 448 g/mol. The van der Waals surface area contributed by atoms with Gasteiger partial charge < -0.3 is 19.5 Å². The molecule has 1 unspecified atom stereocenters. The van der Waals surface area contributed by atoms with Crippen molar-refractivity contribution in [2.24, 2.45) is 0 Å². The number of nitrogens with one attached hydrogen (secondary N) is 1. The van der Waals surface area contributed by atoms with E-state index in [4.69, 9.17) is 14.2 Å². The topological polar surface area (TPSA) is 108 Å². The van der Waals surface area contributed by atoms with E-state index in [-0.39, 0.29) is 41.1 Å². The van der Waals surface area contributed by atoms with Gasteiger partial charge in [-0.1, -0.05) is 6.07 Å². The fraction of sp³-hybridized carbons (Fsp3) is 0.238. The molecule has 0 aromatic heterocycles. The van der Waals surface area contributed by atoms with E-state index >= 15 is 0 Å². The second kappa shape index (κ2) is 11.8. The van der Waals surface area contributed by atoms with Gasteiger partial charge in [0, 0.05) is 30.7 Å². The quantitative estimate of drug-likeness (QED) is 0.338. The number of carbonyl (C=O) groups is 4. The molecule has 0 aliphatic heterocycles. The van der Waals surface area contributed by atoms with Crippen LogP contribution in [0.3, 0.4) is 0 Å². The number of amides is 1. The van der Waals surface area contributed by atoms with Gasteiger partial charge in [-0.05, 0) is 41.6 Å². The van der Waals surface area contributed by atoms with Crippen LogP contribution in [0.5, 0.6) is 5.75 Å². The largest absolute Gasteiger partial charge is 0.465 e. The normalized spacial score (nSPS) is 11.2. The summed E-state index contributed by atoms with van der Waals surface area (Å²) in [6.45, 7) is 1.43. The molecule has 0 spiro atoms. The summed E-state index contributed by atoms with van der Waals surface area (Å²) >= 11 is 0.723. The van der Waals surface area contributed by atoms with E-state index in [1.807, 2.05) is 0 Å². The second-order valence-corrected chi connectivity index (χ2v) is 7.27. The standard InChI is InChI=1S/C21H19F2NO7S/c1-12(26)24-19(30-11-25)7-8-32-21(28)31-18-6-3-13(9-16(18)20(27)29-2)15-5-4-14(22)10-17(15)23/h3-6,9-11,19H,7-8H2,1-2H3,(H,24,26). The zero-order chi connectivity index (χ0) is 23.7. The average Bonchev–Trinajstić information content (AvgIpc) is 2.73. The van der Waals surface area contributed by atoms with Crippen LogP contribution < -0.4 is 10.1 Å². The highest BCUT2D eigenvalue weighted by molar-refractivity contribution is 8.13. The Morgan fingerprint density at radius 2 is 1.91 bits per heavy atom. The van der Waals surface area contributed by atoms with Gasteiger partial charge in [-0.3, -0.25) is 9.59 Å². The summed E-state index contributed by atoms with van der Waals surface area (Å²) in [5.41, 5.74) is 0.158. The Balaban J connectivity index is 2.13. The lowest BCUT2D eigenvalue weighted by Crippen LogP contribution is -2.35. The number of methoxy groups -OCH3 is 1. The van der Waals surface area contributed by atoms with Gasteiger partial charge in [0.2, 0.25) is 5.91 Å². The van der Waals surface area contributed by atoms with Crippen molar-refractivity contribution in [1.29, 1.82) is 0 Å². The van der Waals surface area contributed by atoms with Crippen LogP contribution in [0.15, 0.2) is 36.4 Å². The third kappa shape index (κ3) is 7.05. The van der Waals surface area contributed by atoms with E-state index in [1.54, 1.807) is 0 Å². The molecule has 2 aromatic carbocycles. The molecule has 2 rings (SSSR count). The van der Waals surface area contributed by atoms with Gasteiger partial charge in [-0.2, -0.15) is 0 Å². The van der Waals surface area contributed by atoms with Crippen LogP contribution >= 0.6 is 11.8 Å². The van der Waals surface area contributed by atoms with Crippen molar-refractivity contribution in [3.8, 4) is 16.9 Å². The maximum absolute atomic E-state index is 14.1. The maximum Gasteiger partial charge on any atom is 0.372 e. The van der Waals surface area contributed by atoms with Crippen LogP contribution in [0.25, 0.3) is 11.1 Å². The van der Waals surface area contributed by atoms with Gasteiger partial charge in [0.1, 0.15) is 22.9 Å². The van der Waals surface area contributed by atoms with E-state index in [1.165, 1.54) is 31.2 Å². The number of thioether (sulfide) groups is 1. The predicted molar refractivity (Wildman–Crippen MR) is 111 cm³/mol. The highest BCUT2D eigenvalue weighted by Crippen LogP contribution is 2.30. The van der Waals surface area contributed by atoms with Crippen LogP contribution in [-0.2, 0) is 19.1 Å². The number of esters is 1. The molecule has 1 N–H and O–H groups in total. The van der Waals surface area contributed by atoms with Gasteiger partial charge >= 0.3 is 11.3 Å². The number of carbonyl (C=O) groups excluding carboxylic acids is 4. The molecule has 0 aliphatic rings. The fourth-order valence-electron chi connectivity index (χ4n) is 2.62. The monoisotopic (exact) mass is 467 g/mol. The van der Waals surface area contributed by atoms with Gasteiger partial charge in [0.15, 0.2) is 6.23 Å². The molecule has 0 heterocycles. The number of benzene rings is 2. The summed E-state index contributed by atoms with van der Waals surface area (Å²) in [4.78, 5) is 45.9. The first-order chi connectivity index (χ1) is 15.2. The molecule has 32 heavy (non-hydrogen) atoms. The van der Waals surface area contributed by atoms with Gasteiger partial charge in [0.05, 0.1) is 7.11 Å². The van der Waals surface area contributed by atoms with Crippen molar-refractivity contribution in [3.63, 3.8) is 0 Å². The Labute approximate surface area is 186 Å². The number of rotatable bonds is 9. The average molecular weight is 467 g/mol. The van der Waals surface area contributed by atoms with Crippen LogP contribution in [0.1, 0.15) is 23.7 Å². The number of hydrogen-bond donors (Lipinski definition) is 1. The molecule has 0 fully saturated rings. The highest BCUT2D eigenvalue weighted by atomic mass is 32.2. The smallest absolute Gasteiger partial charge is 0.372 e. The van der Waals surface area contributed by atoms with Crippen LogP contribution in [0.4, 0.5) is 13.6 Å². The number of halogens is 2. The molecule has 0 saturated heterocycles. The van der Waals surface area contributed by atoms with Crippen molar-refractivity contribution in [3.05, 3.63) is 53.6 Å².